The number of nitrogens with zero attached hydrogens (tertiary/aromatic N) is 2. The Morgan fingerprint density at radius 2 is 1.97 bits per heavy atom. The van der Waals surface area contributed by atoms with Crippen LogP contribution in [0.15, 0.2) is 77.1 Å². The Morgan fingerprint density at radius 3 is 2.66 bits per heavy atom. The predicted octanol–water partition coefficient (Wildman–Crippen LogP) is 6.47. The van der Waals surface area contributed by atoms with E-state index in [4.69, 9.17) is 4.74 Å². The van der Waals surface area contributed by atoms with Crippen LogP contribution >= 0.6 is 23.1 Å². The van der Waals surface area contributed by atoms with Gasteiger partial charge >= 0.3 is 0 Å². The highest BCUT2D eigenvalue weighted by atomic mass is 32.2. The van der Waals surface area contributed by atoms with E-state index in [0.29, 0.717) is 38.7 Å². The quantitative estimate of drug-likeness (QED) is 0.234. The number of pyridine rings is 1. The summed E-state index contributed by atoms with van der Waals surface area (Å²) in [5.41, 5.74) is 2.96. The van der Waals surface area contributed by atoms with Gasteiger partial charge in [-0.1, -0.05) is 42.1 Å². The van der Waals surface area contributed by atoms with Gasteiger partial charge < -0.3 is 4.74 Å². The summed E-state index contributed by atoms with van der Waals surface area (Å²) in [6.45, 7) is 0. The highest BCUT2D eigenvalue weighted by molar-refractivity contribution is 8.00. The molecule has 158 valence electrons. The number of rotatable bonds is 7. The van der Waals surface area contributed by atoms with E-state index in [2.05, 4.69) is 11.1 Å². The Bertz CT molecular complexity index is 1300. The average molecular weight is 461 g/mol. The number of benzene rings is 2. The van der Waals surface area contributed by atoms with Crippen LogP contribution in [0.5, 0.6) is 5.75 Å². The van der Waals surface area contributed by atoms with E-state index in [0.717, 1.165) is 4.88 Å². The van der Waals surface area contributed by atoms with Crippen molar-refractivity contribution in [1.82, 2.24) is 4.98 Å². The molecular formula is C25H17FN2O2S2. The maximum absolute atomic E-state index is 13.5. The molecule has 0 amide bonds. The van der Waals surface area contributed by atoms with Crippen molar-refractivity contribution in [2.75, 3.05) is 12.9 Å². The summed E-state index contributed by atoms with van der Waals surface area (Å²) in [7, 11) is 1.55. The first kappa shape index (κ1) is 21.8. The SMILES string of the molecule is COc1cccc(C(=O)CSc2nc(-c3cccs3)cc(-c3ccc(F)cc3)c2C#N)c1. The molecule has 0 saturated carbocycles. The molecule has 2 aromatic carbocycles. The van der Waals surface area contributed by atoms with Gasteiger partial charge in [0, 0.05) is 11.1 Å². The molecule has 0 aliphatic rings. The Kier molecular flexibility index (Phi) is 6.64. The molecule has 0 fully saturated rings. The van der Waals surface area contributed by atoms with E-state index < -0.39 is 0 Å². The van der Waals surface area contributed by atoms with Crippen LogP contribution in [0, 0.1) is 17.1 Å². The lowest BCUT2D eigenvalue weighted by Gasteiger charge is -2.12. The summed E-state index contributed by atoms with van der Waals surface area (Å²) in [6.07, 6.45) is 0. The van der Waals surface area contributed by atoms with Crippen LogP contribution in [0.25, 0.3) is 21.7 Å². The number of carbonyl (C=O) groups excluding carboxylic acids is 1. The molecular weight excluding hydrogens is 443 g/mol. The topological polar surface area (TPSA) is 63.0 Å². The second-order valence-corrected chi connectivity index (χ2v) is 8.69. The highest BCUT2D eigenvalue weighted by Crippen LogP contribution is 2.35. The minimum absolute atomic E-state index is 0.0931. The summed E-state index contributed by atoms with van der Waals surface area (Å²) < 4.78 is 18.7. The van der Waals surface area contributed by atoms with Gasteiger partial charge in [-0.3, -0.25) is 4.79 Å². The smallest absolute Gasteiger partial charge is 0.173 e. The first-order valence-electron chi connectivity index (χ1n) is 9.64. The second kappa shape index (κ2) is 9.77. The van der Waals surface area contributed by atoms with Gasteiger partial charge in [0.05, 0.1) is 29.0 Å². The van der Waals surface area contributed by atoms with E-state index in [9.17, 15) is 14.4 Å². The highest BCUT2D eigenvalue weighted by Gasteiger charge is 2.18. The summed E-state index contributed by atoms with van der Waals surface area (Å²) in [6, 6.07) is 20.9. The normalized spacial score (nSPS) is 10.5. The number of aromatic nitrogens is 1. The number of Topliss-reactive ketones (excluding diaryl/α,β-unsaturated/α-hetero) is 1. The monoisotopic (exact) mass is 460 g/mol. The molecule has 2 aromatic heterocycles. The number of ketones is 1. The molecule has 32 heavy (non-hydrogen) atoms. The van der Waals surface area contributed by atoms with Crippen LogP contribution < -0.4 is 4.74 Å². The second-order valence-electron chi connectivity index (χ2n) is 6.78. The molecule has 2 heterocycles. The summed E-state index contributed by atoms with van der Waals surface area (Å²) in [4.78, 5) is 18.4. The molecule has 0 aliphatic carbocycles. The number of carbonyl (C=O) groups is 1. The average Bonchev–Trinajstić information content (AvgIpc) is 3.37. The molecule has 4 nitrogen and oxygen atoms in total. The van der Waals surface area contributed by atoms with Crippen LogP contribution in [0.3, 0.4) is 0 Å². The first-order chi connectivity index (χ1) is 15.6. The Hall–Kier alpha value is -3.47. The van der Waals surface area contributed by atoms with Crippen molar-refractivity contribution < 1.29 is 13.9 Å². The molecule has 0 spiro atoms. The number of nitriles is 1. The van der Waals surface area contributed by atoms with Crippen LogP contribution in [0.1, 0.15) is 15.9 Å². The fraction of sp³-hybridized carbons (Fsp3) is 0.0800. The lowest BCUT2D eigenvalue weighted by molar-refractivity contribution is 0.102. The third-order valence-corrected chi connectivity index (χ3v) is 6.63. The number of halogens is 1. The maximum Gasteiger partial charge on any atom is 0.173 e. The fourth-order valence-corrected chi connectivity index (χ4v) is 4.74. The Morgan fingerprint density at radius 1 is 1.16 bits per heavy atom. The number of methoxy groups -OCH3 is 1. The minimum Gasteiger partial charge on any atom is -0.497 e. The van der Waals surface area contributed by atoms with Crippen molar-refractivity contribution in [1.29, 1.82) is 5.26 Å². The van der Waals surface area contributed by atoms with Crippen LogP contribution in [0.2, 0.25) is 0 Å². The Labute approximate surface area is 193 Å². The van der Waals surface area contributed by atoms with Gasteiger partial charge in [-0.15, -0.1) is 11.3 Å². The zero-order valence-corrected chi connectivity index (χ0v) is 18.7. The van der Waals surface area contributed by atoms with Crippen molar-refractivity contribution in [3.05, 3.63) is 89.1 Å². The van der Waals surface area contributed by atoms with Crippen molar-refractivity contribution in [2.45, 2.75) is 5.03 Å². The van der Waals surface area contributed by atoms with E-state index in [-0.39, 0.29) is 17.4 Å². The third kappa shape index (κ3) is 4.72. The van der Waals surface area contributed by atoms with Crippen LogP contribution in [-0.2, 0) is 0 Å². The lowest BCUT2D eigenvalue weighted by atomic mass is 10.0. The lowest BCUT2D eigenvalue weighted by Crippen LogP contribution is -2.04. The van der Waals surface area contributed by atoms with E-state index in [1.54, 1.807) is 43.5 Å². The van der Waals surface area contributed by atoms with Gasteiger partial charge in [0.1, 0.15) is 22.7 Å². The van der Waals surface area contributed by atoms with Gasteiger partial charge in [-0.05, 0) is 47.3 Å². The van der Waals surface area contributed by atoms with Gasteiger partial charge in [0.2, 0.25) is 0 Å². The molecule has 0 radical (unpaired) electrons. The minimum atomic E-state index is -0.349. The molecule has 0 unspecified atom stereocenters. The van der Waals surface area contributed by atoms with Gasteiger partial charge in [0.15, 0.2) is 5.78 Å². The standard InChI is InChI=1S/C25H17FN2O2S2/c1-30-19-5-2-4-17(12-19)23(29)15-32-25-21(14-27)20(16-7-9-18(26)10-8-16)13-22(28-25)24-6-3-11-31-24/h2-13H,15H2,1H3. The molecule has 0 N–H and O–H groups in total. The Balaban J connectivity index is 1.72. The van der Waals surface area contributed by atoms with Gasteiger partial charge in [-0.2, -0.15) is 5.26 Å². The largest absolute Gasteiger partial charge is 0.497 e. The van der Waals surface area contributed by atoms with E-state index in [1.165, 1.54) is 35.2 Å². The fourth-order valence-electron chi connectivity index (χ4n) is 3.16. The first-order valence-corrected chi connectivity index (χ1v) is 11.5. The molecule has 0 bridgehead atoms. The molecule has 7 heteroatoms. The van der Waals surface area contributed by atoms with Crippen molar-refractivity contribution >= 4 is 28.9 Å². The summed E-state index contributed by atoms with van der Waals surface area (Å²) >= 11 is 2.75. The number of thiophene rings is 1. The van der Waals surface area contributed by atoms with E-state index >= 15 is 0 Å². The van der Waals surface area contributed by atoms with Crippen LogP contribution in [-0.4, -0.2) is 23.6 Å². The number of thioether (sulfide) groups is 1. The van der Waals surface area contributed by atoms with E-state index in [1.807, 2.05) is 23.6 Å². The zero-order valence-electron chi connectivity index (χ0n) is 17.0. The zero-order chi connectivity index (χ0) is 22.5. The van der Waals surface area contributed by atoms with Gasteiger partial charge in [0.25, 0.3) is 0 Å². The summed E-state index contributed by atoms with van der Waals surface area (Å²) in [5.74, 6) is 0.281. The summed E-state index contributed by atoms with van der Waals surface area (Å²) in [5, 5.41) is 12.3. The molecule has 4 aromatic rings. The third-order valence-electron chi connectivity index (χ3n) is 4.76. The molecule has 0 atom stereocenters. The molecule has 4 rings (SSSR count). The number of hydrogen-bond donors (Lipinski definition) is 0. The molecule has 0 saturated heterocycles. The van der Waals surface area contributed by atoms with Crippen molar-refractivity contribution in [3.63, 3.8) is 0 Å². The maximum atomic E-state index is 13.5. The predicted molar refractivity (Wildman–Crippen MR) is 126 cm³/mol. The van der Waals surface area contributed by atoms with Crippen LogP contribution in [0.4, 0.5) is 4.39 Å². The van der Waals surface area contributed by atoms with Crippen molar-refractivity contribution in [2.24, 2.45) is 0 Å². The van der Waals surface area contributed by atoms with Gasteiger partial charge in [-0.25, -0.2) is 9.37 Å². The number of hydrogen-bond acceptors (Lipinski definition) is 6. The number of ether oxygens (including phenoxy) is 1. The molecule has 0 aliphatic heterocycles. The van der Waals surface area contributed by atoms with Crippen molar-refractivity contribution in [3.8, 4) is 33.5 Å².